The summed E-state index contributed by atoms with van der Waals surface area (Å²) in [6.07, 6.45) is 0. The van der Waals surface area contributed by atoms with Crippen molar-refractivity contribution in [2.24, 2.45) is 5.84 Å². The van der Waals surface area contributed by atoms with Crippen LogP contribution in [-0.4, -0.2) is 41.7 Å². The maximum atomic E-state index is 8.36. The predicted molar refractivity (Wildman–Crippen MR) is 37.5 cm³/mol. The van der Waals surface area contributed by atoms with Crippen molar-refractivity contribution in [2.75, 3.05) is 21.1 Å². The molecule has 0 aliphatic carbocycles. The van der Waals surface area contributed by atoms with Gasteiger partial charge in [-0.25, -0.2) is 0 Å². The minimum Gasteiger partial charge on any atom is -0.328 e. The summed E-state index contributed by atoms with van der Waals surface area (Å²) in [6, 6.07) is 0. The molecule has 0 saturated heterocycles. The Balaban J connectivity index is -0.0000000886. The van der Waals surface area contributed by atoms with Gasteiger partial charge in [-0.15, -0.1) is 10.1 Å². The average Bonchev–Trinajstić information content (AvgIpc) is 1.60. The van der Waals surface area contributed by atoms with Crippen LogP contribution in [-0.2, 0) is 0 Å². The van der Waals surface area contributed by atoms with Crippen LogP contribution in [0.5, 0.6) is 0 Å². The highest BCUT2D eigenvalue weighted by atomic mass is 16.9. The van der Waals surface area contributed by atoms with Gasteiger partial charge in [0.1, 0.15) is 0 Å². The molecule has 0 bridgehead atoms. The van der Waals surface area contributed by atoms with Crippen LogP contribution in [0.3, 0.4) is 0 Å². The lowest BCUT2D eigenvalue weighted by atomic mass is 11.2. The lowest BCUT2D eigenvalue weighted by molar-refractivity contribution is -0.742. The first-order valence-corrected chi connectivity index (χ1v) is 2.45. The molecule has 0 aromatic rings. The Labute approximate surface area is 64.3 Å². The number of nitrogens with zero attached hydrogens (tertiary/aromatic N) is 2. The van der Waals surface area contributed by atoms with E-state index in [1.807, 2.05) is 0 Å². The number of hydrogen-bond acceptors (Lipinski definition) is 6. The Morgan fingerprint density at radius 3 is 1.64 bits per heavy atom. The summed E-state index contributed by atoms with van der Waals surface area (Å²) in [5.74, 6) is 4.60. The number of hydroxylamine groups is 2. The summed E-state index contributed by atoms with van der Waals surface area (Å²) >= 11 is 0. The number of hydrogen-bond donors (Lipinski definition) is 4. The van der Waals surface area contributed by atoms with Gasteiger partial charge < -0.3 is 10.4 Å². The summed E-state index contributed by atoms with van der Waals surface area (Å²) in [6.45, 7) is 0. The molecule has 0 aromatic carbocycles. The number of hydrazine groups is 1. The molecule has 0 atom stereocenters. The maximum Gasteiger partial charge on any atom is 0.291 e. The van der Waals surface area contributed by atoms with E-state index in [-0.39, 0.29) is 0 Å². The standard InChI is InChI=1S/C2H7NO.CH6N2.HNO3/c1-3(2)4;1-3-2;2-1(3)4/h4H,1-2H3;3H,2H2,1H3;(H,2,3,4). The van der Waals surface area contributed by atoms with Crippen LogP contribution in [0, 0.1) is 10.1 Å². The van der Waals surface area contributed by atoms with Crippen molar-refractivity contribution in [3.63, 3.8) is 0 Å². The van der Waals surface area contributed by atoms with Crippen LogP contribution in [0.1, 0.15) is 0 Å². The van der Waals surface area contributed by atoms with E-state index in [1.165, 1.54) is 0 Å². The van der Waals surface area contributed by atoms with Crippen molar-refractivity contribution in [3.8, 4) is 0 Å². The molecular formula is C3H14N4O4. The zero-order valence-corrected chi connectivity index (χ0v) is 6.68. The van der Waals surface area contributed by atoms with Gasteiger partial charge in [-0.2, -0.15) is 5.06 Å². The summed E-state index contributed by atoms with van der Waals surface area (Å²) in [7, 11) is 4.76. The predicted octanol–water partition coefficient (Wildman–Crippen LogP) is -1.33. The Bertz CT molecular complexity index is 71.0. The average molecular weight is 170 g/mol. The molecule has 0 spiro atoms. The minimum absolute atomic E-state index is 1.00. The minimum atomic E-state index is -1.50. The second-order valence-corrected chi connectivity index (χ2v) is 1.37. The molecule has 8 nitrogen and oxygen atoms in total. The van der Waals surface area contributed by atoms with Gasteiger partial charge in [-0.05, 0) is 7.05 Å². The highest BCUT2D eigenvalue weighted by Crippen LogP contribution is 1.46. The zero-order chi connectivity index (χ0) is 9.86. The molecule has 5 N–H and O–H groups in total. The van der Waals surface area contributed by atoms with E-state index in [2.05, 4.69) is 11.3 Å². The molecule has 0 saturated carbocycles. The molecule has 11 heavy (non-hydrogen) atoms. The Morgan fingerprint density at radius 1 is 1.64 bits per heavy atom. The molecular weight excluding hydrogens is 156 g/mol. The molecule has 0 amide bonds. The molecule has 8 heteroatoms. The first kappa shape index (κ1) is 16.6. The summed E-state index contributed by atoms with van der Waals surface area (Å²) in [5, 5.41) is 22.5. The van der Waals surface area contributed by atoms with Crippen molar-refractivity contribution in [1.82, 2.24) is 10.5 Å². The summed E-state index contributed by atoms with van der Waals surface area (Å²) in [4.78, 5) is 8.36. The summed E-state index contributed by atoms with van der Waals surface area (Å²) < 4.78 is 0. The normalized spacial score (nSPS) is 7.09. The summed E-state index contributed by atoms with van der Waals surface area (Å²) in [5.41, 5.74) is 2.25. The van der Waals surface area contributed by atoms with E-state index in [1.54, 1.807) is 21.1 Å². The SMILES string of the molecule is CN(C)O.CNN.O=[N+]([O-])O. The third-order valence-corrected chi connectivity index (χ3v) is 0. The van der Waals surface area contributed by atoms with E-state index in [9.17, 15) is 0 Å². The monoisotopic (exact) mass is 170 g/mol. The first-order valence-electron chi connectivity index (χ1n) is 2.45. The van der Waals surface area contributed by atoms with Crippen LogP contribution < -0.4 is 11.3 Å². The fourth-order valence-electron chi connectivity index (χ4n) is 0. The second kappa shape index (κ2) is 16.0. The van der Waals surface area contributed by atoms with Gasteiger partial charge in [0.05, 0.1) is 0 Å². The fraction of sp³-hybridized carbons (Fsp3) is 1.00. The smallest absolute Gasteiger partial charge is 0.291 e. The van der Waals surface area contributed by atoms with Gasteiger partial charge in [0, 0.05) is 14.1 Å². The topological polar surface area (TPSA) is 125 Å². The number of nitrogens with two attached hydrogens (primary N) is 1. The Kier molecular flexibility index (Phi) is 24.1. The van der Waals surface area contributed by atoms with Crippen LogP contribution in [0.25, 0.3) is 0 Å². The van der Waals surface area contributed by atoms with E-state index in [0.29, 0.717) is 0 Å². The highest BCUT2D eigenvalue weighted by molar-refractivity contribution is 3.90. The maximum absolute atomic E-state index is 8.36. The second-order valence-electron chi connectivity index (χ2n) is 1.37. The van der Waals surface area contributed by atoms with E-state index >= 15 is 0 Å². The number of nitrogens with one attached hydrogen (secondary N) is 1. The van der Waals surface area contributed by atoms with Gasteiger partial charge in [-0.1, -0.05) is 0 Å². The van der Waals surface area contributed by atoms with E-state index in [0.717, 1.165) is 5.06 Å². The Hall–Kier alpha value is -0.960. The van der Waals surface area contributed by atoms with Crippen molar-refractivity contribution >= 4 is 0 Å². The van der Waals surface area contributed by atoms with Crippen molar-refractivity contribution in [2.45, 2.75) is 0 Å². The van der Waals surface area contributed by atoms with Crippen LogP contribution in [0.4, 0.5) is 0 Å². The lowest BCUT2D eigenvalue weighted by Crippen LogP contribution is -2.13. The fourth-order valence-corrected chi connectivity index (χ4v) is 0. The van der Waals surface area contributed by atoms with Gasteiger partial charge in [-0.3, -0.25) is 11.3 Å². The van der Waals surface area contributed by atoms with Gasteiger partial charge >= 0.3 is 0 Å². The lowest BCUT2D eigenvalue weighted by Gasteiger charge is -1.89. The van der Waals surface area contributed by atoms with Gasteiger partial charge in [0.15, 0.2) is 0 Å². The van der Waals surface area contributed by atoms with Crippen LogP contribution in [0.2, 0.25) is 0 Å². The van der Waals surface area contributed by atoms with Gasteiger partial charge in [0.25, 0.3) is 5.09 Å². The first-order chi connectivity index (χ1) is 4.88. The molecule has 0 fully saturated rings. The van der Waals surface area contributed by atoms with Crippen molar-refractivity contribution < 1.29 is 15.5 Å². The van der Waals surface area contributed by atoms with Gasteiger partial charge in [0.2, 0.25) is 0 Å². The molecule has 0 radical (unpaired) electrons. The van der Waals surface area contributed by atoms with Crippen molar-refractivity contribution in [1.29, 1.82) is 0 Å². The Morgan fingerprint density at radius 2 is 1.64 bits per heavy atom. The molecule has 0 unspecified atom stereocenters. The zero-order valence-electron chi connectivity index (χ0n) is 6.68. The van der Waals surface area contributed by atoms with E-state index < -0.39 is 5.09 Å². The quantitative estimate of drug-likeness (QED) is 0.201. The van der Waals surface area contributed by atoms with Crippen LogP contribution in [0.15, 0.2) is 0 Å². The highest BCUT2D eigenvalue weighted by Gasteiger charge is 1.65. The third kappa shape index (κ3) is 486. The molecule has 0 rings (SSSR count). The molecule has 0 aliphatic rings. The van der Waals surface area contributed by atoms with E-state index in [4.69, 9.17) is 20.5 Å². The molecule has 0 heterocycles. The molecule has 70 valence electrons. The van der Waals surface area contributed by atoms with Crippen LogP contribution >= 0.6 is 0 Å². The number of rotatable bonds is 0. The third-order valence-electron chi connectivity index (χ3n) is 0. The molecule has 0 aliphatic heterocycles. The molecule has 0 aromatic heterocycles. The largest absolute Gasteiger partial charge is 0.328 e. The van der Waals surface area contributed by atoms with Crippen molar-refractivity contribution in [3.05, 3.63) is 10.1 Å².